The number of rotatable bonds is 8. The van der Waals surface area contributed by atoms with Gasteiger partial charge in [0, 0.05) is 23.1 Å². The summed E-state index contributed by atoms with van der Waals surface area (Å²) in [6, 6.07) is 17.3. The van der Waals surface area contributed by atoms with E-state index in [0.29, 0.717) is 12.4 Å². The molecule has 0 N–H and O–H groups in total. The van der Waals surface area contributed by atoms with E-state index in [1.165, 1.54) is 0 Å². The molecule has 0 amide bonds. The lowest BCUT2D eigenvalue weighted by Gasteiger charge is -2.25. The highest BCUT2D eigenvalue weighted by Crippen LogP contribution is 2.30. The van der Waals surface area contributed by atoms with Gasteiger partial charge in [0.1, 0.15) is 18.6 Å². The summed E-state index contributed by atoms with van der Waals surface area (Å²) in [6.45, 7) is 6.12. The van der Waals surface area contributed by atoms with Crippen LogP contribution in [-0.4, -0.2) is 23.8 Å². The Bertz CT molecular complexity index is 1010. The van der Waals surface area contributed by atoms with Gasteiger partial charge in [-0.3, -0.25) is 9.78 Å². The number of ether oxygens (including phenoxy) is 2. The molecular weight excluding hydrogens is 366 g/mol. The van der Waals surface area contributed by atoms with Crippen LogP contribution < -0.4 is 4.74 Å². The van der Waals surface area contributed by atoms with Crippen LogP contribution in [0.2, 0.25) is 0 Å². The van der Waals surface area contributed by atoms with E-state index in [9.17, 15) is 9.59 Å². The quantitative estimate of drug-likeness (QED) is 0.417. The Hall–Kier alpha value is -3.21. The number of para-hydroxylation sites is 1. The zero-order chi connectivity index (χ0) is 20.9. The lowest BCUT2D eigenvalue weighted by molar-refractivity contribution is -0.150. The minimum atomic E-state index is -1.01. The van der Waals surface area contributed by atoms with Crippen LogP contribution in [0.5, 0.6) is 5.75 Å². The van der Waals surface area contributed by atoms with E-state index in [4.69, 9.17) is 9.47 Å². The van der Waals surface area contributed by atoms with Crippen molar-refractivity contribution >= 4 is 23.2 Å². The highest BCUT2D eigenvalue weighted by molar-refractivity contribution is 5.85. The van der Waals surface area contributed by atoms with Gasteiger partial charge >= 0.3 is 5.97 Å². The van der Waals surface area contributed by atoms with Crippen molar-refractivity contribution in [2.75, 3.05) is 6.61 Å². The number of carbonyl (C=O) groups excluding carboxylic acids is 2. The van der Waals surface area contributed by atoms with E-state index in [2.05, 4.69) is 4.98 Å². The summed E-state index contributed by atoms with van der Waals surface area (Å²) >= 11 is 0. The predicted octanol–water partition coefficient (Wildman–Crippen LogP) is 4.53. The Morgan fingerprint density at radius 2 is 1.86 bits per heavy atom. The van der Waals surface area contributed by atoms with Gasteiger partial charge in [-0.05, 0) is 50.6 Å². The first-order valence-corrected chi connectivity index (χ1v) is 9.67. The first kappa shape index (κ1) is 20.5. The number of esters is 1. The molecule has 0 aliphatic rings. The Morgan fingerprint density at radius 3 is 2.55 bits per heavy atom. The van der Waals surface area contributed by atoms with E-state index < -0.39 is 11.4 Å². The fourth-order valence-corrected chi connectivity index (χ4v) is 3.37. The average Bonchev–Trinajstić information content (AvgIpc) is 2.72. The topological polar surface area (TPSA) is 65.5 Å². The zero-order valence-corrected chi connectivity index (χ0v) is 17.0. The van der Waals surface area contributed by atoms with Crippen molar-refractivity contribution in [2.24, 2.45) is 0 Å². The molecule has 0 unspecified atom stereocenters. The number of benzene rings is 2. The van der Waals surface area contributed by atoms with E-state index >= 15 is 0 Å². The monoisotopic (exact) mass is 391 g/mol. The van der Waals surface area contributed by atoms with E-state index in [1.54, 1.807) is 13.8 Å². The molecule has 1 atom stereocenters. The summed E-state index contributed by atoms with van der Waals surface area (Å²) in [6.07, 6.45) is 0.812. The first-order valence-electron chi connectivity index (χ1n) is 9.67. The molecule has 0 saturated carbocycles. The van der Waals surface area contributed by atoms with Gasteiger partial charge in [-0.1, -0.05) is 30.3 Å². The molecule has 0 aliphatic carbocycles. The molecule has 1 heterocycles. The summed E-state index contributed by atoms with van der Waals surface area (Å²) in [5.74, 6) is 0.282. The number of carbonyl (C=O) groups is 2. The van der Waals surface area contributed by atoms with Gasteiger partial charge in [-0.2, -0.15) is 0 Å². The molecule has 2 aromatic carbocycles. The number of hydrogen-bond donors (Lipinski definition) is 0. The zero-order valence-electron chi connectivity index (χ0n) is 17.0. The predicted molar refractivity (Wildman–Crippen MR) is 112 cm³/mol. The van der Waals surface area contributed by atoms with Gasteiger partial charge in [0.15, 0.2) is 0 Å². The summed E-state index contributed by atoms with van der Waals surface area (Å²) in [5, 5.41) is 1.07. The van der Waals surface area contributed by atoms with Crippen molar-refractivity contribution in [3.63, 3.8) is 0 Å². The normalized spacial score (nSPS) is 12.9. The Morgan fingerprint density at radius 1 is 1.14 bits per heavy atom. The smallest absolute Gasteiger partial charge is 0.316 e. The molecule has 5 heteroatoms. The summed E-state index contributed by atoms with van der Waals surface area (Å²) in [7, 11) is 0. The molecule has 1 aromatic heterocycles. The molecule has 0 spiro atoms. The second-order valence-corrected chi connectivity index (χ2v) is 7.18. The lowest BCUT2D eigenvalue weighted by atomic mass is 9.80. The number of nitrogens with zero attached hydrogens (tertiary/aromatic N) is 1. The maximum atomic E-state index is 12.4. The fourth-order valence-electron chi connectivity index (χ4n) is 3.37. The van der Waals surface area contributed by atoms with Gasteiger partial charge in [0.2, 0.25) is 0 Å². The molecule has 0 bridgehead atoms. The van der Waals surface area contributed by atoms with E-state index in [0.717, 1.165) is 34.0 Å². The number of aromatic nitrogens is 1. The number of pyridine rings is 1. The van der Waals surface area contributed by atoms with Gasteiger partial charge in [0.05, 0.1) is 17.5 Å². The van der Waals surface area contributed by atoms with Crippen LogP contribution in [-0.2, 0) is 26.3 Å². The summed E-state index contributed by atoms with van der Waals surface area (Å²) in [4.78, 5) is 28.1. The van der Waals surface area contributed by atoms with E-state index in [1.807, 2.05) is 61.5 Å². The van der Waals surface area contributed by atoms with Crippen LogP contribution in [0.4, 0.5) is 0 Å². The molecule has 0 fully saturated rings. The van der Waals surface area contributed by atoms with Gasteiger partial charge in [-0.15, -0.1) is 0 Å². The molecular formula is C24H25NO4. The molecule has 150 valence electrons. The van der Waals surface area contributed by atoms with Gasteiger partial charge in [0.25, 0.3) is 0 Å². The fraction of sp³-hybridized carbons (Fsp3) is 0.292. The van der Waals surface area contributed by atoms with Crippen LogP contribution in [0.25, 0.3) is 10.9 Å². The Kier molecular flexibility index (Phi) is 6.27. The van der Waals surface area contributed by atoms with Crippen LogP contribution >= 0.6 is 0 Å². The highest BCUT2D eigenvalue weighted by atomic mass is 16.5. The molecule has 0 radical (unpaired) electrons. The second kappa shape index (κ2) is 8.86. The summed E-state index contributed by atoms with van der Waals surface area (Å²) < 4.78 is 11.1. The van der Waals surface area contributed by atoms with Crippen molar-refractivity contribution in [3.05, 3.63) is 71.4 Å². The maximum Gasteiger partial charge on any atom is 0.316 e. The summed E-state index contributed by atoms with van der Waals surface area (Å²) in [5.41, 5.74) is 2.67. The van der Waals surface area contributed by atoms with Crippen molar-refractivity contribution in [2.45, 2.75) is 39.2 Å². The SMILES string of the molecule is CCOC(=O)[C@@](C)(CC=O)c1ccc(OCc2cc(C)nc3ccccc23)cc1. The minimum absolute atomic E-state index is 0.0638. The standard InChI is InChI=1S/C24H25NO4/c1-4-28-23(27)24(3,13-14-26)19-9-11-20(12-10-19)29-16-18-15-17(2)25-22-8-6-5-7-21(18)22/h5-12,14-15H,4,13,16H2,1-3H3/t24-/m0/s1. The molecule has 0 aliphatic heterocycles. The largest absolute Gasteiger partial charge is 0.489 e. The van der Waals surface area contributed by atoms with Crippen molar-refractivity contribution in [1.82, 2.24) is 4.98 Å². The Balaban J connectivity index is 1.79. The maximum absolute atomic E-state index is 12.4. The van der Waals surface area contributed by atoms with E-state index in [-0.39, 0.29) is 13.0 Å². The molecule has 29 heavy (non-hydrogen) atoms. The minimum Gasteiger partial charge on any atom is -0.489 e. The van der Waals surface area contributed by atoms with Crippen LogP contribution in [0.1, 0.15) is 37.1 Å². The van der Waals surface area contributed by atoms with Crippen molar-refractivity contribution in [3.8, 4) is 5.75 Å². The molecule has 0 saturated heterocycles. The third-order valence-corrected chi connectivity index (χ3v) is 5.03. The Labute approximate surface area is 170 Å². The number of hydrogen-bond acceptors (Lipinski definition) is 5. The van der Waals surface area contributed by atoms with Crippen LogP contribution in [0.3, 0.4) is 0 Å². The molecule has 3 rings (SSSR count). The number of fused-ring (bicyclic) bond motifs is 1. The first-order chi connectivity index (χ1) is 14.0. The van der Waals surface area contributed by atoms with Gasteiger partial charge < -0.3 is 14.3 Å². The third kappa shape index (κ3) is 4.45. The third-order valence-electron chi connectivity index (χ3n) is 5.03. The molecule has 5 nitrogen and oxygen atoms in total. The number of aryl methyl sites for hydroxylation is 1. The highest BCUT2D eigenvalue weighted by Gasteiger charge is 2.36. The van der Waals surface area contributed by atoms with Crippen molar-refractivity contribution in [1.29, 1.82) is 0 Å². The van der Waals surface area contributed by atoms with Gasteiger partial charge in [-0.25, -0.2) is 0 Å². The lowest BCUT2D eigenvalue weighted by Crippen LogP contribution is -2.35. The number of aldehydes is 1. The van der Waals surface area contributed by atoms with Crippen LogP contribution in [0, 0.1) is 6.92 Å². The van der Waals surface area contributed by atoms with Crippen LogP contribution in [0.15, 0.2) is 54.6 Å². The average molecular weight is 391 g/mol. The molecule has 3 aromatic rings. The van der Waals surface area contributed by atoms with Crippen molar-refractivity contribution < 1.29 is 19.1 Å². The second-order valence-electron chi connectivity index (χ2n) is 7.18.